The van der Waals surface area contributed by atoms with Crippen LogP contribution in [-0.2, 0) is 0 Å². The molecule has 0 aliphatic rings. The minimum atomic E-state index is 0.418. The van der Waals surface area contributed by atoms with E-state index in [-0.39, 0.29) is 0 Å². The first-order valence-corrected chi connectivity index (χ1v) is 4.78. The number of nitrogens with zero attached hydrogens (tertiary/aromatic N) is 2. The third-order valence-electron chi connectivity index (χ3n) is 1.89. The number of anilines is 1. The average Bonchev–Trinajstić information content (AvgIpc) is 2.10. The van der Waals surface area contributed by atoms with Crippen molar-refractivity contribution in [1.82, 2.24) is 0 Å². The maximum absolute atomic E-state index is 8.52. The highest BCUT2D eigenvalue weighted by Gasteiger charge is 2.01. The van der Waals surface area contributed by atoms with Crippen molar-refractivity contribution in [2.45, 2.75) is 6.92 Å². The van der Waals surface area contributed by atoms with E-state index in [1.807, 2.05) is 31.0 Å². The van der Waals surface area contributed by atoms with Crippen LogP contribution in [0.4, 0.5) is 5.69 Å². The van der Waals surface area contributed by atoms with Crippen molar-refractivity contribution in [3.05, 3.63) is 28.2 Å². The van der Waals surface area contributed by atoms with Gasteiger partial charge in [-0.1, -0.05) is 15.9 Å². The van der Waals surface area contributed by atoms with Gasteiger partial charge >= 0.3 is 0 Å². The first-order chi connectivity index (χ1) is 6.15. The van der Waals surface area contributed by atoms with Gasteiger partial charge in [-0.15, -0.1) is 0 Å². The van der Waals surface area contributed by atoms with Crippen molar-refractivity contribution in [3.8, 4) is 6.07 Å². The van der Waals surface area contributed by atoms with Crippen LogP contribution in [0.25, 0.3) is 0 Å². The number of hydrogen-bond acceptors (Lipinski definition) is 2. The highest BCUT2D eigenvalue weighted by molar-refractivity contribution is 9.10. The molecule has 2 nitrogen and oxygen atoms in total. The van der Waals surface area contributed by atoms with Crippen molar-refractivity contribution in [2.75, 3.05) is 18.5 Å². The van der Waals surface area contributed by atoms with Crippen LogP contribution in [0.15, 0.2) is 22.7 Å². The molecule has 68 valence electrons. The molecule has 1 aromatic carbocycles. The maximum Gasteiger partial charge on any atom is 0.105 e. The summed E-state index contributed by atoms with van der Waals surface area (Å²) in [6, 6.07) is 8.16. The molecule has 1 rings (SSSR count). The van der Waals surface area contributed by atoms with Gasteiger partial charge in [0.1, 0.15) is 6.54 Å². The van der Waals surface area contributed by atoms with Gasteiger partial charge in [-0.2, -0.15) is 5.26 Å². The smallest absolute Gasteiger partial charge is 0.105 e. The summed E-state index contributed by atoms with van der Waals surface area (Å²) in [4.78, 5) is 1.92. The second kappa shape index (κ2) is 4.29. The molecule has 0 radical (unpaired) electrons. The first-order valence-electron chi connectivity index (χ1n) is 3.99. The van der Waals surface area contributed by atoms with Crippen molar-refractivity contribution in [2.24, 2.45) is 0 Å². The minimum Gasteiger partial charge on any atom is -0.361 e. The molecule has 0 fully saturated rings. The molecule has 0 aromatic heterocycles. The molecule has 0 heterocycles. The molecule has 0 spiro atoms. The van der Waals surface area contributed by atoms with Crippen LogP contribution < -0.4 is 4.90 Å². The fourth-order valence-electron chi connectivity index (χ4n) is 1.06. The molecule has 0 unspecified atom stereocenters. The van der Waals surface area contributed by atoms with E-state index < -0.39 is 0 Å². The Morgan fingerprint density at radius 1 is 1.54 bits per heavy atom. The van der Waals surface area contributed by atoms with E-state index in [0.29, 0.717) is 6.54 Å². The monoisotopic (exact) mass is 238 g/mol. The SMILES string of the molecule is Cc1cc(N(C)CC#N)ccc1Br. The predicted molar refractivity (Wildman–Crippen MR) is 57.8 cm³/mol. The van der Waals surface area contributed by atoms with Crippen LogP contribution in [0.3, 0.4) is 0 Å². The zero-order chi connectivity index (χ0) is 9.84. The molecular formula is C10H11BrN2. The van der Waals surface area contributed by atoms with E-state index >= 15 is 0 Å². The lowest BCUT2D eigenvalue weighted by Crippen LogP contribution is -2.16. The summed E-state index contributed by atoms with van der Waals surface area (Å²) in [5.74, 6) is 0. The first kappa shape index (κ1) is 10.1. The van der Waals surface area contributed by atoms with E-state index in [4.69, 9.17) is 5.26 Å². The van der Waals surface area contributed by atoms with Crippen LogP contribution >= 0.6 is 15.9 Å². The molecule has 0 atom stereocenters. The predicted octanol–water partition coefficient (Wildman–Crippen LogP) is 2.72. The Kier molecular flexibility index (Phi) is 3.32. The molecule has 0 bridgehead atoms. The van der Waals surface area contributed by atoms with Crippen LogP contribution in [0.2, 0.25) is 0 Å². The van der Waals surface area contributed by atoms with Crippen molar-refractivity contribution in [3.63, 3.8) is 0 Å². The Hall–Kier alpha value is -1.01. The molecule has 1 aromatic rings. The fourth-order valence-corrected chi connectivity index (χ4v) is 1.31. The van der Waals surface area contributed by atoms with Gasteiger partial charge in [-0.05, 0) is 30.7 Å². The highest BCUT2D eigenvalue weighted by atomic mass is 79.9. The normalized spacial score (nSPS) is 9.38. The third-order valence-corrected chi connectivity index (χ3v) is 2.78. The van der Waals surface area contributed by atoms with E-state index in [2.05, 4.69) is 28.1 Å². The molecule has 0 N–H and O–H groups in total. The van der Waals surface area contributed by atoms with Gasteiger partial charge in [0, 0.05) is 17.2 Å². The van der Waals surface area contributed by atoms with Gasteiger partial charge in [0.2, 0.25) is 0 Å². The van der Waals surface area contributed by atoms with Gasteiger partial charge in [-0.25, -0.2) is 0 Å². The van der Waals surface area contributed by atoms with Crippen molar-refractivity contribution >= 4 is 21.6 Å². The largest absolute Gasteiger partial charge is 0.361 e. The lowest BCUT2D eigenvalue weighted by molar-refractivity contribution is 1.03. The summed E-state index contributed by atoms with van der Waals surface area (Å²) in [5, 5.41) is 8.52. The van der Waals surface area contributed by atoms with E-state index in [0.717, 1.165) is 10.2 Å². The van der Waals surface area contributed by atoms with Crippen LogP contribution in [0.5, 0.6) is 0 Å². The molecule has 13 heavy (non-hydrogen) atoms. The Morgan fingerprint density at radius 2 is 2.23 bits per heavy atom. The zero-order valence-electron chi connectivity index (χ0n) is 7.71. The number of aryl methyl sites for hydroxylation is 1. The lowest BCUT2D eigenvalue weighted by atomic mass is 10.2. The summed E-state index contributed by atoms with van der Waals surface area (Å²) in [6.07, 6.45) is 0. The number of nitriles is 1. The summed E-state index contributed by atoms with van der Waals surface area (Å²) < 4.78 is 1.10. The Labute approximate surface area is 86.9 Å². The molecule has 3 heteroatoms. The van der Waals surface area contributed by atoms with Gasteiger partial charge in [0.25, 0.3) is 0 Å². The van der Waals surface area contributed by atoms with Gasteiger partial charge < -0.3 is 4.90 Å². The highest BCUT2D eigenvalue weighted by Crippen LogP contribution is 2.21. The van der Waals surface area contributed by atoms with Crippen LogP contribution in [0, 0.1) is 18.3 Å². The minimum absolute atomic E-state index is 0.418. The number of halogens is 1. The van der Waals surface area contributed by atoms with Crippen LogP contribution in [0.1, 0.15) is 5.56 Å². The summed E-state index contributed by atoms with van der Waals surface area (Å²) in [7, 11) is 1.91. The number of rotatable bonds is 2. The van der Waals surface area contributed by atoms with Crippen molar-refractivity contribution in [1.29, 1.82) is 5.26 Å². The van der Waals surface area contributed by atoms with E-state index in [1.165, 1.54) is 5.56 Å². The summed E-state index contributed by atoms with van der Waals surface area (Å²) in [6.45, 7) is 2.45. The van der Waals surface area contributed by atoms with Gasteiger partial charge in [0.05, 0.1) is 6.07 Å². The fraction of sp³-hybridized carbons (Fsp3) is 0.300. The summed E-state index contributed by atoms with van der Waals surface area (Å²) in [5.41, 5.74) is 2.25. The topological polar surface area (TPSA) is 27.0 Å². The van der Waals surface area contributed by atoms with Gasteiger partial charge in [0.15, 0.2) is 0 Å². The zero-order valence-corrected chi connectivity index (χ0v) is 9.30. The maximum atomic E-state index is 8.52. The molecular weight excluding hydrogens is 228 g/mol. The lowest BCUT2D eigenvalue weighted by Gasteiger charge is -2.15. The summed E-state index contributed by atoms with van der Waals surface area (Å²) >= 11 is 3.43. The van der Waals surface area contributed by atoms with E-state index in [1.54, 1.807) is 0 Å². The second-order valence-corrected chi connectivity index (χ2v) is 3.80. The molecule has 0 saturated carbocycles. The van der Waals surface area contributed by atoms with Crippen LogP contribution in [-0.4, -0.2) is 13.6 Å². The third kappa shape index (κ3) is 2.46. The molecule has 0 amide bonds. The quantitative estimate of drug-likeness (QED) is 0.742. The van der Waals surface area contributed by atoms with Gasteiger partial charge in [-0.3, -0.25) is 0 Å². The second-order valence-electron chi connectivity index (χ2n) is 2.95. The Balaban J connectivity index is 2.91. The Bertz CT molecular complexity index is 341. The Morgan fingerprint density at radius 3 is 2.77 bits per heavy atom. The number of benzene rings is 1. The average molecular weight is 239 g/mol. The molecule has 0 aliphatic heterocycles. The molecule has 0 saturated heterocycles. The standard InChI is InChI=1S/C10H11BrN2/c1-8-7-9(3-4-10(8)11)13(2)6-5-12/h3-4,7H,6H2,1-2H3. The van der Waals surface area contributed by atoms with Crippen molar-refractivity contribution < 1.29 is 0 Å². The number of hydrogen-bond donors (Lipinski definition) is 0. The van der Waals surface area contributed by atoms with E-state index in [9.17, 15) is 0 Å². The molecule has 0 aliphatic carbocycles.